The number of nitro groups is 1. The molecule has 1 heterocycles. The van der Waals surface area contributed by atoms with Crippen molar-refractivity contribution in [3.8, 4) is 11.5 Å². The Morgan fingerprint density at radius 1 is 0.860 bits per heavy atom. The van der Waals surface area contributed by atoms with Crippen LogP contribution in [0.1, 0.15) is 16.7 Å². The molecular formula is C31H21BrClN3O7. The zero-order chi connectivity index (χ0) is 30.5. The minimum atomic E-state index is -0.892. The van der Waals surface area contributed by atoms with Gasteiger partial charge < -0.3 is 9.47 Å². The van der Waals surface area contributed by atoms with Crippen molar-refractivity contribution in [1.82, 2.24) is 5.32 Å². The van der Waals surface area contributed by atoms with Gasteiger partial charge in [-0.3, -0.25) is 25.0 Å². The molecule has 1 aliphatic rings. The van der Waals surface area contributed by atoms with Crippen molar-refractivity contribution in [1.29, 1.82) is 0 Å². The number of benzene rings is 4. The summed E-state index contributed by atoms with van der Waals surface area (Å²) < 4.78 is 12.6. The molecule has 4 aromatic carbocycles. The summed E-state index contributed by atoms with van der Waals surface area (Å²) in [6, 6.07) is 23.6. The van der Waals surface area contributed by atoms with Crippen LogP contribution in [0, 0.1) is 10.1 Å². The molecule has 0 radical (unpaired) electrons. The first-order chi connectivity index (χ1) is 20.7. The van der Waals surface area contributed by atoms with Gasteiger partial charge in [-0.15, -0.1) is 0 Å². The predicted molar refractivity (Wildman–Crippen MR) is 163 cm³/mol. The first-order valence-corrected chi connectivity index (χ1v) is 13.9. The molecule has 0 spiro atoms. The van der Waals surface area contributed by atoms with Crippen molar-refractivity contribution >= 4 is 62.8 Å². The molecule has 0 aromatic heterocycles. The van der Waals surface area contributed by atoms with E-state index in [-0.39, 0.29) is 23.6 Å². The van der Waals surface area contributed by atoms with Crippen LogP contribution in [0.4, 0.5) is 16.2 Å². The van der Waals surface area contributed by atoms with Gasteiger partial charge in [-0.1, -0.05) is 39.7 Å². The summed E-state index contributed by atoms with van der Waals surface area (Å²) in [6.07, 6.45) is 1.30. The summed E-state index contributed by atoms with van der Waals surface area (Å²) in [4.78, 5) is 50.2. The number of urea groups is 1. The Balaban J connectivity index is 1.34. The van der Waals surface area contributed by atoms with Crippen LogP contribution in [-0.2, 0) is 22.8 Å². The largest absolute Gasteiger partial charge is 0.489 e. The molecule has 12 heteroatoms. The number of hydrogen-bond acceptors (Lipinski definition) is 7. The highest BCUT2D eigenvalue weighted by molar-refractivity contribution is 9.10. The molecule has 4 amide bonds. The maximum Gasteiger partial charge on any atom is 0.335 e. The van der Waals surface area contributed by atoms with E-state index in [1.54, 1.807) is 48.5 Å². The Kier molecular flexibility index (Phi) is 8.84. The molecule has 5 rings (SSSR count). The smallest absolute Gasteiger partial charge is 0.335 e. The first-order valence-electron chi connectivity index (χ1n) is 12.7. The molecule has 10 nitrogen and oxygen atoms in total. The van der Waals surface area contributed by atoms with Gasteiger partial charge in [0.25, 0.3) is 17.5 Å². The molecule has 0 bridgehead atoms. The number of nitrogens with zero attached hydrogens (tertiary/aromatic N) is 2. The zero-order valence-corrected chi connectivity index (χ0v) is 24.5. The van der Waals surface area contributed by atoms with Gasteiger partial charge in [0.2, 0.25) is 0 Å². The van der Waals surface area contributed by atoms with Gasteiger partial charge in [-0.05, 0) is 83.9 Å². The fraction of sp³-hybridized carbons (Fsp3) is 0.0645. The topological polar surface area (TPSA) is 128 Å². The Morgan fingerprint density at radius 2 is 1.49 bits per heavy atom. The third-order valence-corrected chi connectivity index (χ3v) is 7.09. The van der Waals surface area contributed by atoms with Crippen molar-refractivity contribution in [2.45, 2.75) is 13.2 Å². The van der Waals surface area contributed by atoms with E-state index in [4.69, 9.17) is 21.1 Å². The highest BCUT2D eigenvalue weighted by atomic mass is 79.9. The van der Waals surface area contributed by atoms with E-state index < -0.39 is 22.8 Å². The second-order valence-electron chi connectivity index (χ2n) is 9.26. The molecule has 1 fully saturated rings. The minimum Gasteiger partial charge on any atom is -0.489 e. The Labute approximate surface area is 258 Å². The Hall–Kier alpha value is -5.00. The number of barbiturate groups is 1. The van der Waals surface area contributed by atoms with Crippen molar-refractivity contribution in [2.75, 3.05) is 4.90 Å². The number of hydrogen-bond donors (Lipinski definition) is 1. The second-order valence-corrected chi connectivity index (χ2v) is 10.6. The molecule has 43 heavy (non-hydrogen) atoms. The lowest BCUT2D eigenvalue weighted by atomic mass is 10.1. The lowest BCUT2D eigenvalue weighted by Gasteiger charge is -2.26. The lowest BCUT2D eigenvalue weighted by Crippen LogP contribution is -2.54. The van der Waals surface area contributed by atoms with Gasteiger partial charge in [0.15, 0.2) is 0 Å². The average Bonchev–Trinajstić information content (AvgIpc) is 2.99. The third kappa shape index (κ3) is 7.08. The SMILES string of the molecule is O=C1NC(=O)N(c2ccc(OCc3ccc(Br)cc3)cc2)C(=O)/C1=C/c1cc(Cl)ccc1OCc1ccc([N+](=O)[O-])cc1. The number of ether oxygens (including phenoxy) is 2. The number of carbonyl (C=O) groups excluding carboxylic acids is 3. The van der Waals surface area contributed by atoms with Crippen LogP contribution in [0.15, 0.2) is 101 Å². The van der Waals surface area contributed by atoms with Crippen LogP contribution < -0.4 is 19.7 Å². The summed E-state index contributed by atoms with van der Waals surface area (Å²) in [5.41, 5.74) is 1.81. The number of imide groups is 2. The number of amides is 4. The maximum absolute atomic E-state index is 13.4. The fourth-order valence-electron chi connectivity index (χ4n) is 4.12. The fourth-order valence-corrected chi connectivity index (χ4v) is 4.57. The Morgan fingerprint density at radius 3 is 2.14 bits per heavy atom. The maximum atomic E-state index is 13.4. The molecule has 1 aliphatic heterocycles. The van der Waals surface area contributed by atoms with Crippen molar-refractivity contribution in [2.24, 2.45) is 0 Å². The Bertz CT molecular complexity index is 1740. The molecule has 0 saturated carbocycles. The number of nitrogens with one attached hydrogen (secondary N) is 1. The quantitative estimate of drug-likeness (QED) is 0.0900. The highest BCUT2D eigenvalue weighted by Gasteiger charge is 2.37. The molecule has 0 atom stereocenters. The zero-order valence-electron chi connectivity index (χ0n) is 22.2. The molecule has 4 aromatic rings. The van der Waals surface area contributed by atoms with Crippen LogP contribution in [0.5, 0.6) is 11.5 Å². The molecular weight excluding hydrogens is 642 g/mol. The van der Waals surface area contributed by atoms with Gasteiger partial charge in [0.05, 0.1) is 10.6 Å². The van der Waals surface area contributed by atoms with Crippen LogP contribution in [-0.4, -0.2) is 22.8 Å². The van der Waals surface area contributed by atoms with E-state index in [2.05, 4.69) is 21.2 Å². The first kappa shape index (κ1) is 29.5. The van der Waals surface area contributed by atoms with E-state index in [1.807, 2.05) is 24.3 Å². The average molecular weight is 663 g/mol. The van der Waals surface area contributed by atoms with Gasteiger partial charge >= 0.3 is 6.03 Å². The van der Waals surface area contributed by atoms with Crippen molar-refractivity contribution in [3.05, 3.63) is 133 Å². The number of carbonyl (C=O) groups is 3. The predicted octanol–water partition coefficient (Wildman–Crippen LogP) is 6.84. The lowest BCUT2D eigenvalue weighted by molar-refractivity contribution is -0.384. The monoisotopic (exact) mass is 661 g/mol. The van der Waals surface area contributed by atoms with E-state index in [9.17, 15) is 24.5 Å². The number of nitro benzene ring substituents is 1. The van der Waals surface area contributed by atoms with Crippen LogP contribution >= 0.6 is 27.5 Å². The van der Waals surface area contributed by atoms with Crippen LogP contribution in [0.2, 0.25) is 5.02 Å². The second kappa shape index (κ2) is 12.9. The van der Waals surface area contributed by atoms with E-state index in [1.165, 1.54) is 24.3 Å². The van der Waals surface area contributed by atoms with Crippen molar-refractivity contribution < 1.29 is 28.8 Å². The summed E-state index contributed by atoms with van der Waals surface area (Å²) in [7, 11) is 0. The molecule has 1 saturated heterocycles. The van der Waals surface area contributed by atoms with Crippen molar-refractivity contribution in [3.63, 3.8) is 0 Å². The van der Waals surface area contributed by atoms with Crippen LogP contribution in [0.3, 0.4) is 0 Å². The molecule has 0 aliphatic carbocycles. The van der Waals surface area contributed by atoms with E-state index in [0.717, 1.165) is 14.9 Å². The standard InChI is InChI=1S/C31H21BrClN3O7/c32-22-5-1-19(2-6-22)17-42-26-12-10-24(11-13-26)35-30(38)27(29(37)34-31(35)39)16-21-15-23(33)7-14-28(21)43-18-20-3-8-25(9-4-20)36(40)41/h1-16H,17-18H2,(H,34,37,39)/b27-16+. The van der Waals surface area contributed by atoms with Crippen LogP contribution in [0.25, 0.3) is 6.08 Å². The van der Waals surface area contributed by atoms with E-state index >= 15 is 0 Å². The van der Waals surface area contributed by atoms with Gasteiger partial charge in [-0.25, -0.2) is 9.69 Å². The number of anilines is 1. The minimum absolute atomic E-state index is 0.0514. The third-order valence-electron chi connectivity index (χ3n) is 6.33. The number of halogens is 2. The summed E-state index contributed by atoms with van der Waals surface area (Å²) in [5, 5.41) is 13.4. The normalized spacial score (nSPS) is 14.0. The highest BCUT2D eigenvalue weighted by Crippen LogP contribution is 2.29. The van der Waals surface area contributed by atoms with E-state index in [0.29, 0.717) is 34.3 Å². The number of non-ortho nitro benzene ring substituents is 1. The summed E-state index contributed by atoms with van der Waals surface area (Å²) in [6.45, 7) is 0.377. The molecule has 1 N–H and O–H groups in total. The molecule has 216 valence electrons. The summed E-state index contributed by atoms with van der Waals surface area (Å²) in [5.74, 6) is -0.885. The summed E-state index contributed by atoms with van der Waals surface area (Å²) >= 11 is 9.58. The van der Waals surface area contributed by atoms with Gasteiger partial charge in [-0.2, -0.15) is 0 Å². The van der Waals surface area contributed by atoms with Gasteiger partial charge in [0.1, 0.15) is 30.3 Å². The van der Waals surface area contributed by atoms with Gasteiger partial charge in [0, 0.05) is 27.2 Å². The molecule has 0 unspecified atom stereocenters. The number of rotatable bonds is 9.